The number of hydrogen-bond acceptors (Lipinski definition) is 4. The maximum Gasteiger partial charge on any atom is 0.0594 e. The maximum atomic E-state index is 5.88. The van der Waals surface area contributed by atoms with Gasteiger partial charge in [-0.25, -0.2) is 0 Å². The molecule has 2 unspecified atom stereocenters. The lowest BCUT2D eigenvalue weighted by molar-refractivity contribution is 0.0374. The molecule has 1 saturated heterocycles. The van der Waals surface area contributed by atoms with Gasteiger partial charge in [0.2, 0.25) is 0 Å². The molecule has 0 spiro atoms. The Hall–Kier alpha value is -0.160. The normalized spacial score (nSPS) is 32.1. The first-order chi connectivity index (χ1) is 7.84. The molecule has 2 rings (SSSR count). The van der Waals surface area contributed by atoms with Crippen molar-refractivity contribution >= 4 is 0 Å². The van der Waals surface area contributed by atoms with Crippen LogP contribution in [0.3, 0.4) is 0 Å². The van der Waals surface area contributed by atoms with Gasteiger partial charge < -0.3 is 15.8 Å². The molecule has 0 radical (unpaired) electrons. The van der Waals surface area contributed by atoms with Crippen LogP contribution in [0.4, 0.5) is 0 Å². The molecule has 0 aromatic carbocycles. The Labute approximate surface area is 98.5 Å². The summed E-state index contributed by atoms with van der Waals surface area (Å²) in [6.07, 6.45) is 4.86. The number of morpholine rings is 1. The summed E-state index contributed by atoms with van der Waals surface area (Å²) in [4.78, 5) is 2.49. The van der Waals surface area contributed by atoms with Gasteiger partial charge in [0.25, 0.3) is 0 Å². The number of hydrogen-bond donors (Lipinski definition) is 2. The van der Waals surface area contributed by atoms with Crippen molar-refractivity contribution in [2.75, 3.05) is 39.4 Å². The predicted molar refractivity (Wildman–Crippen MR) is 65.5 cm³/mol. The average Bonchev–Trinajstić information content (AvgIpc) is 2.72. The number of nitrogens with two attached hydrogens (primary N) is 1. The highest BCUT2D eigenvalue weighted by molar-refractivity contribution is 4.82. The number of rotatable bonds is 5. The van der Waals surface area contributed by atoms with E-state index in [9.17, 15) is 0 Å². The van der Waals surface area contributed by atoms with Crippen molar-refractivity contribution in [1.29, 1.82) is 0 Å². The molecule has 16 heavy (non-hydrogen) atoms. The highest BCUT2D eigenvalue weighted by Crippen LogP contribution is 2.16. The fourth-order valence-corrected chi connectivity index (χ4v) is 2.64. The smallest absolute Gasteiger partial charge is 0.0594 e. The second kappa shape index (κ2) is 6.55. The van der Waals surface area contributed by atoms with Gasteiger partial charge in [-0.2, -0.15) is 0 Å². The standard InChI is InChI=1S/C12H25N3O/c13-11-2-3-12(10-11)14-4-1-5-15-6-8-16-9-7-15/h11-12,14H,1-10,13H2. The summed E-state index contributed by atoms with van der Waals surface area (Å²) >= 11 is 0. The summed E-state index contributed by atoms with van der Waals surface area (Å²) in [5, 5.41) is 3.61. The number of nitrogens with one attached hydrogen (secondary N) is 1. The Bertz CT molecular complexity index is 188. The lowest BCUT2D eigenvalue weighted by Gasteiger charge is -2.26. The molecule has 0 aromatic heterocycles. The third kappa shape index (κ3) is 4.01. The van der Waals surface area contributed by atoms with Crippen molar-refractivity contribution in [3.63, 3.8) is 0 Å². The zero-order valence-corrected chi connectivity index (χ0v) is 10.2. The van der Waals surface area contributed by atoms with Crippen LogP contribution in [-0.2, 0) is 4.74 Å². The van der Waals surface area contributed by atoms with Gasteiger partial charge in [-0.15, -0.1) is 0 Å². The summed E-state index contributed by atoms with van der Waals surface area (Å²) in [5.41, 5.74) is 5.88. The van der Waals surface area contributed by atoms with E-state index in [2.05, 4.69) is 10.2 Å². The minimum absolute atomic E-state index is 0.441. The Morgan fingerprint density at radius 3 is 2.75 bits per heavy atom. The lowest BCUT2D eigenvalue weighted by atomic mass is 10.2. The molecule has 1 aliphatic heterocycles. The van der Waals surface area contributed by atoms with Gasteiger partial charge in [0, 0.05) is 25.2 Å². The third-order valence-corrected chi connectivity index (χ3v) is 3.66. The fourth-order valence-electron chi connectivity index (χ4n) is 2.64. The lowest BCUT2D eigenvalue weighted by Crippen LogP contribution is -2.38. The van der Waals surface area contributed by atoms with Crippen molar-refractivity contribution < 1.29 is 4.74 Å². The van der Waals surface area contributed by atoms with Crippen LogP contribution in [0.25, 0.3) is 0 Å². The molecule has 0 aromatic rings. The molecule has 2 aliphatic rings. The van der Waals surface area contributed by atoms with Crippen LogP contribution >= 0.6 is 0 Å². The summed E-state index contributed by atoms with van der Waals surface area (Å²) in [6.45, 7) is 6.36. The molecule has 3 N–H and O–H groups in total. The number of nitrogens with zero attached hydrogens (tertiary/aromatic N) is 1. The highest BCUT2D eigenvalue weighted by Gasteiger charge is 2.20. The first-order valence-corrected chi connectivity index (χ1v) is 6.63. The summed E-state index contributed by atoms with van der Waals surface area (Å²) in [5.74, 6) is 0. The minimum atomic E-state index is 0.441. The molecule has 2 fully saturated rings. The van der Waals surface area contributed by atoms with Crippen molar-refractivity contribution in [2.24, 2.45) is 5.73 Å². The van der Waals surface area contributed by atoms with E-state index in [1.807, 2.05) is 0 Å². The zero-order valence-electron chi connectivity index (χ0n) is 10.2. The third-order valence-electron chi connectivity index (χ3n) is 3.66. The molecular weight excluding hydrogens is 202 g/mol. The molecule has 94 valence electrons. The van der Waals surface area contributed by atoms with E-state index in [4.69, 9.17) is 10.5 Å². The fraction of sp³-hybridized carbons (Fsp3) is 1.00. The van der Waals surface area contributed by atoms with Crippen LogP contribution < -0.4 is 11.1 Å². The minimum Gasteiger partial charge on any atom is -0.379 e. The van der Waals surface area contributed by atoms with Gasteiger partial charge in [-0.1, -0.05) is 0 Å². The van der Waals surface area contributed by atoms with Gasteiger partial charge in [-0.3, -0.25) is 4.90 Å². The zero-order chi connectivity index (χ0) is 11.2. The maximum absolute atomic E-state index is 5.88. The molecular formula is C12H25N3O. The summed E-state index contributed by atoms with van der Waals surface area (Å²) in [6, 6.07) is 1.12. The quantitative estimate of drug-likeness (QED) is 0.658. The van der Waals surface area contributed by atoms with Crippen LogP contribution in [0, 0.1) is 0 Å². The van der Waals surface area contributed by atoms with E-state index in [0.29, 0.717) is 12.1 Å². The molecule has 2 atom stereocenters. The molecule has 1 saturated carbocycles. The first kappa shape index (κ1) is 12.3. The molecule has 4 heteroatoms. The number of ether oxygens (including phenoxy) is 1. The van der Waals surface area contributed by atoms with E-state index >= 15 is 0 Å². The van der Waals surface area contributed by atoms with E-state index in [1.165, 1.54) is 25.8 Å². The van der Waals surface area contributed by atoms with Gasteiger partial charge >= 0.3 is 0 Å². The second-order valence-corrected chi connectivity index (χ2v) is 5.03. The predicted octanol–water partition coefficient (Wildman–Crippen LogP) is 0.178. The second-order valence-electron chi connectivity index (χ2n) is 5.03. The van der Waals surface area contributed by atoms with Crippen LogP contribution in [0.15, 0.2) is 0 Å². The monoisotopic (exact) mass is 227 g/mol. The van der Waals surface area contributed by atoms with Crippen LogP contribution in [-0.4, -0.2) is 56.4 Å². The van der Waals surface area contributed by atoms with Crippen LogP contribution in [0.5, 0.6) is 0 Å². The van der Waals surface area contributed by atoms with Gasteiger partial charge in [0.1, 0.15) is 0 Å². The molecule has 1 aliphatic carbocycles. The van der Waals surface area contributed by atoms with Gasteiger partial charge in [0.15, 0.2) is 0 Å². The van der Waals surface area contributed by atoms with Crippen molar-refractivity contribution in [3.8, 4) is 0 Å². The van der Waals surface area contributed by atoms with Gasteiger partial charge in [-0.05, 0) is 38.8 Å². The Morgan fingerprint density at radius 2 is 2.06 bits per heavy atom. The SMILES string of the molecule is NC1CCC(NCCCN2CCOCC2)C1. The molecule has 0 amide bonds. The Kier molecular flexibility index (Phi) is 5.03. The van der Waals surface area contributed by atoms with E-state index < -0.39 is 0 Å². The molecule has 0 bridgehead atoms. The summed E-state index contributed by atoms with van der Waals surface area (Å²) in [7, 11) is 0. The van der Waals surface area contributed by atoms with E-state index in [-0.39, 0.29) is 0 Å². The largest absolute Gasteiger partial charge is 0.379 e. The van der Waals surface area contributed by atoms with Crippen molar-refractivity contribution in [1.82, 2.24) is 10.2 Å². The van der Waals surface area contributed by atoms with Crippen LogP contribution in [0.2, 0.25) is 0 Å². The topological polar surface area (TPSA) is 50.5 Å². The van der Waals surface area contributed by atoms with Gasteiger partial charge in [0.05, 0.1) is 13.2 Å². The first-order valence-electron chi connectivity index (χ1n) is 6.63. The average molecular weight is 227 g/mol. The Balaban J connectivity index is 1.48. The molecule has 4 nitrogen and oxygen atoms in total. The van der Waals surface area contributed by atoms with Crippen LogP contribution in [0.1, 0.15) is 25.7 Å². The summed E-state index contributed by atoms with van der Waals surface area (Å²) < 4.78 is 5.33. The molecule has 1 heterocycles. The van der Waals surface area contributed by atoms with Crippen molar-refractivity contribution in [3.05, 3.63) is 0 Å². The van der Waals surface area contributed by atoms with Crippen molar-refractivity contribution in [2.45, 2.75) is 37.8 Å². The Morgan fingerprint density at radius 1 is 1.25 bits per heavy atom. The highest BCUT2D eigenvalue weighted by atomic mass is 16.5. The van der Waals surface area contributed by atoms with E-state index in [1.54, 1.807) is 0 Å². The van der Waals surface area contributed by atoms with E-state index in [0.717, 1.165) is 39.3 Å².